The maximum absolute atomic E-state index is 12.9. The molecule has 12 heteroatoms. The Bertz CT molecular complexity index is 1750. The lowest BCUT2D eigenvalue weighted by molar-refractivity contribution is -0.161. The molecule has 418 valence electrons. The number of aliphatic hydroxyl groups excluding tert-OH is 1. The molecule has 11 nitrogen and oxygen atoms in total. The SMILES string of the molecule is CC/C=C\C/C=C\C/C=C\C/C=C\CCCCCCCCC(=O)OC(COC(=O)CCCCCCC/C=C\C/C=C\C/C=C\CC)COP(=O)(O)OCC(CO)OC(=O)CC/C=C\C/C=C\C/C=C\C/C=C\CC. The van der Waals surface area contributed by atoms with E-state index in [0.717, 1.165) is 141 Å². The van der Waals surface area contributed by atoms with Crippen LogP contribution in [0.4, 0.5) is 0 Å². The molecule has 0 radical (unpaired) electrons. The number of ether oxygens (including phenoxy) is 3. The standard InChI is InChI=1S/C62H99O11P/c1-4-7-10-13-16-19-22-25-27-28-29-30-32-35-38-41-44-47-50-53-62(66)73-59(55-69-60(64)51-48-45-42-39-36-34-31-26-23-20-17-14-11-8-5-2)57-71-74(67,68)70-56-58(54-63)72-61(65)52-49-46-43-40-37-33-24-21-18-15-12-9-6-3/h7-12,16-21,25-27,29-31,33,37,43,46,58-59,63H,4-6,13-15,22-24,28,32,34-36,38-42,44-45,47-57H2,1-3H3,(H,67,68)/b10-7-,11-8-,12-9-,19-16-,20-17-,21-18-,27-25-,30-29-,31-26-,37-33-,46-43-. The number of carbonyl (C=O) groups excluding carboxylic acids is 3. The molecule has 3 unspecified atom stereocenters. The maximum atomic E-state index is 12.9. The normalized spacial score (nSPS) is 14.4. The van der Waals surface area contributed by atoms with Crippen LogP contribution >= 0.6 is 7.82 Å². The number of rotatable bonds is 50. The Balaban J connectivity index is 4.86. The Morgan fingerprint density at radius 3 is 1.09 bits per heavy atom. The van der Waals surface area contributed by atoms with Gasteiger partial charge in [0.15, 0.2) is 6.10 Å². The van der Waals surface area contributed by atoms with Crippen LogP contribution in [0, 0.1) is 0 Å². The van der Waals surface area contributed by atoms with E-state index in [1.54, 1.807) is 0 Å². The van der Waals surface area contributed by atoms with Crippen molar-refractivity contribution in [1.82, 2.24) is 0 Å². The van der Waals surface area contributed by atoms with Crippen LogP contribution in [0.2, 0.25) is 0 Å². The second-order valence-electron chi connectivity index (χ2n) is 18.0. The van der Waals surface area contributed by atoms with Crippen LogP contribution in [0.25, 0.3) is 0 Å². The zero-order valence-corrected chi connectivity index (χ0v) is 46.9. The Hall–Kier alpha value is -4.38. The summed E-state index contributed by atoms with van der Waals surface area (Å²) in [6.07, 6.45) is 68.6. The van der Waals surface area contributed by atoms with E-state index in [1.807, 2.05) is 18.2 Å². The first-order valence-electron chi connectivity index (χ1n) is 28.1. The molecule has 0 aliphatic rings. The predicted molar refractivity (Wildman–Crippen MR) is 306 cm³/mol. The maximum Gasteiger partial charge on any atom is 0.472 e. The molecular weight excluding hydrogens is 952 g/mol. The minimum atomic E-state index is -4.78. The second-order valence-corrected chi connectivity index (χ2v) is 19.4. The van der Waals surface area contributed by atoms with Gasteiger partial charge in [-0.25, -0.2) is 4.57 Å². The first kappa shape index (κ1) is 69.6. The van der Waals surface area contributed by atoms with Gasteiger partial charge < -0.3 is 24.2 Å². The van der Waals surface area contributed by atoms with Crippen LogP contribution in [0.5, 0.6) is 0 Å². The highest BCUT2D eigenvalue weighted by Crippen LogP contribution is 2.43. The summed E-state index contributed by atoms with van der Waals surface area (Å²) in [5, 5.41) is 9.79. The van der Waals surface area contributed by atoms with Crippen LogP contribution in [0.1, 0.15) is 201 Å². The molecule has 0 aliphatic heterocycles. The molecule has 0 aromatic heterocycles. The number of phosphoric acid groups is 1. The van der Waals surface area contributed by atoms with Gasteiger partial charge in [-0.2, -0.15) is 0 Å². The van der Waals surface area contributed by atoms with E-state index >= 15 is 0 Å². The molecule has 74 heavy (non-hydrogen) atoms. The number of allylic oxidation sites excluding steroid dienone is 22. The lowest BCUT2D eigenvalue weighted by atomic mass is 10.1. The number of phosphoric ester groups is 1. The van der Waals surface area contributed by atoms with Gasteiger partial charge in [-0.15, -0.1) is 0 Å². The summed E-state index contributed by atoms with van der Waals surface area (Å²) in [7, 11) is -4.78. The molecular formula is C62H99O11P. The van der Waals surface area contributed by atoms with Crippen molar-refractivity contribution < 1.29 is 52.2 Å². The van der Waals surface area contributed by atoms with Crippen LogP contribution < -0.4 is 0 Å². The monoisotopic (exact) mass is 1050 g/mol. The van der Waals surface area contributed by atoms with Gasteiger partial charge in [-0.05, 0) is 116 Å². The summed E-state index contributed by atoms with van der Waals surface area (Å²) in [6.45, 7) is 4.16. The van der Waals surface area contributed by atoms with Crippen molar-refractivity contribution in [3.8, 4) is 0 Å². The van der Waals surface area contributed by atoms with E-state index in [1.165, 1.54) is 0 Å². The topological polar surface area (TPSA) is 155 Å². The van der Waals surface area contributed by atoms with Gasteiger partial charge in [0.2, 0.25) is 0 Å². The minimum absolute atomic E-state index is 0.0469. The zero-order valence-electron chi connectivity index (χ0n) is 46.0. The summed E-state index contributed by atoms with van der Waals surface area (Å²) >= 11 is 0. The smallest absolute Gasteiger partial charge is 0.462 e. The van der Waals surface area contributed by atoms with Gasteiger partial charge in [0.25, 0.3) is 0 Å². The third-order valence-corrected chi connectivity index (χ3v) is 12.0. The highest BCUT2D eigenvalue weighted by atomic mass is 31.2. The number of hydrogen-bond donors (Lipinski definition) is 2. The molecule has 0 aliphatic carbocycles. The lowest BCUT2D eigenvalue weighted by Crippen LogP contribution is -2.30. The quantitative estimate of drug-likeness (QED) is 0.0197. The first-order valence-corrected chi connectivity index (χ1v) is 29.6. The van der Waals surface area contributed by atoms with Gasteiger partial charge in [-0.1, -0.05) is 199 Å². The highest BCUT2D eigenvalue weighted by molar-refractivity contribution is 7.47. The van der Waals surface area contributed by atoms with E-state index in [9.17, 15) is 28.9 Å². The van der Waals surface area contributed by atoms with Gasteiger partial charge in [0, 0.05) is 19.3 Å². The number of esters is 3. The van der Waals surface area contributed by atoms with E-state index in [-0.39, 0.29) is 25.9 Å². The fourth-order valence-electron chi connectivity index (χ4n) is 6.90. The van der Waals surface area contributed by atoms with Crippen molar-refractivity contribution in [1.29, 1.82) is 0 Å². The number of carbonyl (C=O) groups is 3. The molecule has 0 rings (SSSR count). The molecule has 0 bridgehead atoms. The molecule has 0 aromatic carbocycles. The van der Waals surface area contributed by atoms with Crippen LogP contribution in [0.15, 0.2) is 134 Å². The molecule has 0 saturated heterocycles. The van der Waals surface area contributed by atoms with Crippen molar-refractivity contribution in [2.75, 3.05) is 26.4 Å². The van der Waals surface area contributed by atoms with Gasteiger partial charge in [-0.3, -0.25) is 23.4 Å². The van der Waals surface area contributed by atoms with Crippen LogP contribution in [0.3, 0.4) is 0 Å². The number of hydrogen-bond acceptors (Lipinski definition) is 10. The lowest BCUT2D eigenvalue weighted by Gasteiger charge is -2.21. The number of aliphatic hydroxyl groups is 1. The van der Waals surface area contributed by atoms with E-state index in [0.29, 0.717) is 19.3 Å². The van der Waals surface area contributed by atoms with Gasteiger partial charge in [0.1, 0.15) is 12.7 Å². The van der Waals surface area contributed by atoms with E-state index in [4.69, 9.17) is 23.3 Å². The fourth-order valence-corrected chi connectivity index (χ4v) is 7.69. The summed E-state index contributed by atoms with van der Waals surface area (Å²) < 4.78 is 39.4. The van der Waals surface area contributed by atoms with Crippen LogP contribution in [-0.2, 0) is 42.2 Å². The zero-order chi connectivity index (χ0) is 54.1. The summed E-state index contributed by atoms with van der Waals surface area (Å²) in [4.78, 5) is 48.5. The molecule has 3 atom stereocenters. The molecule has 0 aromatic rings. The second kappa shape index (κ2) is 54.9. The molecule has 0 heterocycles. The van der Waals surface area contributed by atoms with Crippen LogP contribution in [-0.4, -0.2) is 66.5 Å². The van der Waals surface area contributed by atoms with E-state index < -0.39 is 57.8 Å². The largest absolute Gasteiger partial charge is 0.472 e. The minimum Gasteiger partial charge on any atom is -0.462 e. The Labute approximate surface area is 449 Å². The molecule has 0 amide bonds. The molecule has 0 spiro atoms. The molecule has 2 N–H and O–H groups in total. The van der Waals surface area contributed by atoms with Crippen molar-refractivity contribution in [2.24, 2.45) is 0 Å². The summed E-state index contributed by atoms with van der Waals surface area (Å²) in [6, 6.07) is 0. The first-order chi connectivity index (χ1) is 36.2. The summed E-state index contributed by atoms with van der Waals surface area (Å²) in [5.41, 5.74) is 0. The van der Waals surface area contributed by atoms with Gasteiger partial charge >= 0.3 is 25.7 Å². The Morgan fingerprint density at radius 1 is 0.378 bits per heavy atom. The van der Waals surface area contributed by atoms with Crippen molar-refractivity contribution in [3.63, 3.8) is 0 Å². The molecule has 0 fully saturated rings. The van der Waals surface area contributed by atoms with Crippen molar-refractivity contribution >= 4 is 25.7 Å². The van der Waals surface area contributed by atoms with Gasteiger partial charge in [0.05, 0.1) is 19.8 Å². The average Bonchev–Trinajstić information content (AvgIpc) is 3.39. The van der Waals surface area contributed by atoms with Crippen molar-refractivity contribution in [3.05, 3.63) is 134 Å². The summed E-state index contributed by atoms with van der Waals surface area (Å²) in [5.74, 6) is -1.60. The fraction of sp³-hybridized carbons (Fsp3) is 0.597. The average molecular weight is 1050 g/mol. The third-order valence-electron chi connectivity index (χ3n) is 11.1. The molecule has 0 saturated carbocycles. The third kappa shape index (κ3) is 52.5. The number of unbranched alkanes of at least 4 members (excludes halogenated alkanes) is 11. The highest BCUT2D eigenvalue weighted by Gasteiger charge is 2.28. The Kier molecular flexibility index (Phi) is 51.6. The van der Waals surface area contributed by atoms with Crippen molar-refractivity contribution in [2.45, 2.75) is 213 Å². The Morgan fingerprint density at radius 2 is 0.689 bits per heavy atom. The predicted octanol–water partition coefficient (Wildman–Crippen LogP) is 16.6. The van der Waals surface area contributed by atoms with E-state index in [2.05, 4.69) is 136 Å².